The molecule has 0 bridgehead atoms. The lowest BCUT2D eigenvalue weighted by Crippen LogP contribution is -2.08. The highest BCUT2D eigenvalue weighted by Gasteiger charge is 2.13. The van der Waals surface area contributed by atoms with Crippen molar-refractivity contribution in [2.24, 2.45) is 5.73 Å². The molecule has 3 aromatic rings. The number of aryl methyl sites for hydroxylation is 1. The van der Waals surface area contributed by atoms with Gasteiger partial charge < -0.3 is 5.73 Å². The average Bonchev–Trinajstić information content (AvgIpc) is 2.62. The van der Waals surface area contributed by atoms with Crippen molar-refractivity contribution in [1.29, 1.82) is 0 Å². The van der Waals surface area contributed by atoms with Crippen molar-refractivity contribution in [3.05, 3.63) is 89.7 Å². The van der Waals surface area contributed by atoms with Crippen molar-refractivity contribution in [2.45, 2.75) is 19.3 Å². The summed E-state index contributed by atoms with van der Waals surface area (Å²) in [5.41, 5.74) is 12.2. The summed E-state index contributed by atoms with van der Waals surface area (Å²) in [5, 5.41) is 0. The van der Waals surface area contributed by atoms with Crippen LogP contribution in [0.3, 0.4) is 0 Å². The molecule has 0 aliphatic heterocycles. The molecule has 1 atom stereocenters. The van der Waals surface area contributed by atoms with E-state index in [1.807, 2.05) is 24.5 Å². The Morgan fingerprint density at radius 1 is 0.783 bits per heavy atom. The molecule has 2 heteroatoms. The van der Waals surface area contributed by atoms with E-state index in [9.17, 15) is 0 Å². The van der Waals surface area contributed by atoms with Gasteiger partial charge in [0.05, 0.1) is 0 Å². The monoisotopic (exact) mass is 302 g/mol. The van der Waals surface area contributed by atoms with Gasteiger partial charge in [-0.05, 0) is 54.3 Å². The lowest BCUT2D eigenvalue weighted by Gasteiger charge is -2.18. The zero-order chi connectivity index (χ0) is 16.1. The lowest BCUT2D eigenvalue weighted by molar-refractivity contribution is 0.726. The Morgan fingerprint density at radius 2 is 1.30 bits per heavy atom. The van der Waals surface area contributed by atoms with Crippen molar-refractivity contribution in [1.82, 2.24) is 4.98 Å². The van der Waals surface area contributed by atoms with Crippen LogP contribution in [0.25, 0.3) is 11.1 Å². The summed E-state index contributed by atoms with van der Waals surface area (Å²) in [4.78, 5) is 4.07. The van der Waals surface area contributed by atoms with E-state index in [1.54, 1.807) is 0 Å². The zero-order valence-corrected chi connectivity index (χ0v) is 13.4. The van der Waals surface area contributed by atoms with Crippen LogP contribution in [0, 0.1) is 6.92 Å². The molecule has 1 aromatic heterocycles. The Hall–Kier alpha value is -2.45. The highest BCUT2D eigenvalue weighted by atomic mass is 14.6. The van der Waals surface area contributed by atoms with Crippen LogP contribution in [0.1, 0.15) is 29.0 Å². The minimum absolute atomic E-state index is 0.354. The maximum Gasteiger partial charge on any atom is 0.0273 e. The fraction of sp³-hybridized carbons (Fsp3) is 0.190. The van der Waals surface area contributed by atoms with Crippen LogP contribution in [0.4, 0.5) is 0 Å². The largest absolute Gasteiger partial charge is 0.330 e. The summed E-state index contributed by atoms with van der Waals surface area (Å²) < 4.78 is 0. The normalized spacial score (nSPS) is 12.1. The Bertz CT molecular complexity index is 731. The van der Waals surface area contributed by atoms with Crippen molar-refractivity contribution in [3.8, 4) is 11.1 Å². The second kappa shape index (κ2) is 7.21. The van der Waals surface area contributed by atoms with E-state index < -0.39 is 0 Å². The van der Waals surface area contributed by atoms with Gasteiger partial charge in [-0.2, -0.15) is 0 Å². The topological polar surface area (TPSA) is 38.9 Å². The number of nitrogens with two attached hydrogens (primary N) is 1. The number of aromatic nitrogens is 1. The van der Waals surface area contributed by atoms with Crippen molar-refractivity contribution >= 4 is 0 Å². The van der Waals surface area contributed by atoms with Gasteiger partial charge in [0.15, 0.2) is 0 Å². The molecule has 0 saturated carbocycles. The molecule has 2 nitrogen and oxygen atoms in total. The van der Waals surface area contributed by atoms with Gasteiger partial charge in [-0.25, -0.2) is 0 Å². The molecule has 0 radical (unpaired) electrons. The summed E-state index contributed by atoms with van der Waals surface area (Å²) >= 11 is 0. The fourth-order valence-corrected chi connectivity index (χ4v) is 2.94. The third kappa shape index (κ3) is 3.66. The van der Waals surface area contributed by atoms with E-state index >= 15 is 0 Å². The van der Waals surface area contributed by atoms with E-state index in [0.717, 1.165) is 6.42 Å². The average molecular weight is 302 g/mol. The predicted molar refractivity (Wildman–Crippen MR) is 96.4 cm³/mol. The molecule has 2 aromatic carbocycles. The van der Waals surface area contributed by atoms with Gasteiger partial charge in [-0.15, -0.1) is 0 Å². The summed E-state index contributed by atoms with van der Waals surface area (Å²) in [6.07, 6.45) is 4.61. The second-order valence-corrected chi connectivity index (χ2v) is 5.90. The molecule has 0 amide bonds. The van der Waals surface area contributed by atoms with Crippen LogP contribution < -0.4 is 5.73 Å². The highest BCUT2D eigenvalue weighted by molar-refractivity contribution is 5.63. The van der Waals surface area contributed by atoms with E-state index in [1.165, 1.54) is 27.8 Å². The maximum atomic E-state index is 5.85. The van der Waals surface area contributed by atoms with Crippen LogP contribution in [0.5, 0.6) is 0 Å². The molecule has 2 N–H and O–H groups in total. The lowest BCUT2D eigenvalue weighted by atomic mass is 9.87. The number of rotatable bonds is 5. The van der Waals surface area contributed by atoms with Gasteiger partial charge in [0.2, 0.25) is 0 Å². The molecular weight excluding hydrogens is 280 g/mol. The first kappa shape index (κ1) is 15.4. The first-order valence-corrected chi connectivity index (χ1v) is 8.05. The summed E-state index contributed by atoms with van der Waals surface area (Å²) in [5.74, 6) is 0.354. The molecule has 0 spiro atoms. The van der Waals surface area contributed by atoms with Crippen molar-refractivity contribution < 1.29 is 0 Å². The molecule has 3 rings (SSSR count). The van der Waals surface area contributed by atoms with Gasteiger partial charge in [-0.3, -0.25) is 4.98 Å². The highest BCUT2D eigenvalue weighted by Crippen LogP contribution is 2.29. The van der Waals surface area contributed by atoms with E-state index in [2.05, 4.69) is 60.4 Å². The van der Waals surface area contributed by atoms with E-state index in [-0.39, 0.29) is 0 Å². The third-order valence-corrected chi connectivity index (χ3v) is 4.26. The Morgan fingerprint density at radius 3 is 1.87 bits per heavy atom. The smallest absolute Gasteiger partial charge is 0.0273 e. The number of benzene rings is 2. The molecule has 0 aliphatic carbocycles. The molecule has 0 saturated heterocycles. The van der Waals surface area contributed by atoms with Crippen LogP contribution >= 0.6 is 0 Å². The molecular formula is C21H22N2. The summed E-state index contributed by atoms with van der Waals surface area (Å²) in [6, 6.07) is 21.6. The number of nitrogens with zero attached hydrogens (tertiary/aromatic N) is 1. The maximum absolute atomic E-state index is 5.85. The van der Waals surface area contributed by atoms with Gasteiger partial charge in [0.1, 0.15) is 0 Å². The first-order valence-electron chi connectivity index (χ1n) is 8.05. The second-order valence-electron chi connectivity index (χ2n) is 5.90. The number of hydrogen-bond acceptors (Lipinski definition) is 2. The van der Waals surface area contributed by atoms with Gasteiger partial charge in [0.25, 0.3) is 0 Å². The molecule has 0 aliphatic rings. The zero-order valence-electron chi connectivity index (χ0n) is 13.4. The van der Waals surface area contributed by atoms with Crippen LogP contribution in [-0.2, 0) is 0 Å². The van der Waals surface area contributed by atoms with Crippen LogP contribution in [-0.4, -0.2) is 11.5 Å². The Labute approximate surface area is 138 Å². The molecule has 116 valence electrons. The van der Waals surface area contributed by atoms with Crippen molar-refractivity contribution in [3.63, 3.8) is 0 Å². The number of hydrogen-bond donors (Lipinski definition) is 1. The molecule has 1 heterocycles. The summed E-state index contributed by atoms with van der Waals surface area (Å²) in [6.45, 7) is 2.80. The minimum Gasteiger partial charge on any atom is -0.330 e. The van der Waals surface area contributed by atoms with Gasteiger partial charge >= 0.3 is 0 Å². The predicted octanol–water partition coefficient (Wildman–Crippen LogP) is 4.54. The fourth-order valence-electron chi connectivity index (χ4n) is 2.94. The quantitative estimate of drug-likeness (QED) is 0.751. The Balaban J connectivity index is 1.90. The van der Waals surface area contributed by atoms with Crippen molar-refractivity contribution in [2.75, 3.05) is 6.54 Å². The number of pyridine rings is 1. The van der Waals surface area contributed by atoms with E-state index in [0.29, 0.717) is 12.5 Å². The standard InChI is InChI=1S/C21H22N2/c1-16-2-4-19(5-3-16)21(10-13-22)20-8-6-17(7-9-20)18-11-14-23-15-12-18/h2-9,11-12,14-15,21H,10,13,22H2,1H3. The van der Waals surface area contributed by atoms with Crippen LogP contribution in [0.2, 0.25) is 0 Å². The molecule has 0 fully saturated rings. The minimum atomic E-state index is 0.354. The van der Waals surface area contributed by atoms with Crippen LogP contribution in [0.15, 0.2) is 73.1 Å². The SMILES string of the molecule is Cc1ccc(C(CCN)c2ccc(-c3ccncc3)cc2)cc1. The molecule has 1 unspecified atom stereocenters. The molecule has 23 heavy (non-hydrogen) atoms. The Kier molecular flexibility index (Phi) is 4.84. The third-order valence-electron chi connectivity index (χ3n) is 4.26. The first-order chi connectivity index (χ1) is 11.3. The van der Waals surface area contributed by atoms with E-state index in [4.69, 9.17) is 5.73 Å². The van der Waals surface area contributed by atoms with Gasteiger partial charge in [-0.1, -0.05) is 54.1 Å². The van der Waals surface area contributed by atoms with Gasteiger partial charge in [0, 0.05) is 18.3 Å². The summed E-state index contributed by atoms with van der Waals surface area (Å²) in [7, 11) is 0.